The molecule has 10 heteroatoms. The number of halogens is 2. The van der Waals surface area contributed by atoms with Crippen molar-refractivity contribution in [1.82, 2.24) is 9.78 Å². The maximum Gasteiger partial charge on any atom is 0.288 e. The van der Waals surface area contributed by atoms with Gasteiger partial charge in [-0.1, -0.05) is 42.1 Å². The number of aromatic nitrogens is 2. The van der Waals surface area contributed by atoms with Crippen molar-refractivity contribution in [2.75, 3.05) is 5.32 Å². The van der Waals surface area contributed by atoms with Gasteiger partial charge in [-0.15, -0.1) is 0 Å². The van der Waals surface area contributed by atoms with Crippen LogP contribution in [0.25, 0.3) is 5.69 Å². The van der Waals surface area contributed by atoms with E-state index in [9.17, 15) is 22.0 Å². The molecule has 1 N–H and O–H groups in total. The molecule has 1 amide bonds. The highest BCUT2D eigenvalue weighted by atomic mass is 32.2. The van der Waals surface area contributed by atoms with Gasteiger partial charge in [0.1, 0.15) is 5.82 Å². The number of hydrogen-bond donors (Lipinski definition) is 1. The van der Waals surface area contributed by atoms with E-state index >= 15 is 0 Å². The molecular weight excluding hydrogens is 420 g/mol. The Balaban J connectivity index is 1.75. The van der Waals surface area contributed by atoms with Crippen molar-refractivity contribution in [2.24, 2.45) is 0 Å². The standard InChI is InChI=1S/C19H15F2N3O3S2/c20-19(21)28-16-9-5-4-8-13(16)18(25)22-17-14-10-29(26,27)11-15(14)23-24(17)12-6-2-1-3-7-12/h1-9,19H,10-11H2,(H,22,25). The molecule has 0 bridgehead atoms. The number of para-hydroxylation sites is 1. The van der Waals surface area contributed by atoms with Crippen LogP contribution in [-0.2, 0) is 21.3 Å². The lowest BCUT2D eigenvalue weighted by atomic mass is 10.2. The predicted octanol–water partition coefficient (Wildman–Crippen LogP) is 3.87. The van der Waals surface area contributed by atoms with Crippen LogP contribution in [0.1, 0.15) is 21.6 Å². The molecule has 0 aliphatic carbocycles. The van der Waals surface area contributed by atoms with E-state index in [1.54, 1.807) is 36.4 Å². The third kappa shape index (κ3) is 4.03. The molecule has 6 nitrogen and oxygen atoms in total. The van der Waals surface area contributed by atoms with Crippen LogP contribution in [0, 0.1) is 0 Å². The summed E-state index contributed by atoms with van der Waals surface area (Å²) < 4.78 is 51.2. The first-order valence-corrected chi connectivity index (χ1v) is 11.3. The quantitative estimate of drug-likeness (QED) is 0.616. The van der Waals surface area contributed by atoms with Gasteiger partial charge in [0.2, 0.25) is 0 Å². The number of alkyl halides is 2. The van der Waals surface area contributed by atoms with Crippen LogP contribution in [0.5, 0.6) is 0 Å². The topological polar surface area (TPSA) is 81.1 Å². The van der Waals surface area contributed by atoms with E-state index in [-0.39, 0.29) is 39.5 Å². The first-order chi connectivity index (χ1) is 13.8. The van der Waals surface area contributed by atoms with Crippen molar-refractivity contribution in [3.05, 3.63) is 71.4 Å². The van der Waals surface area contributed by atoms with Crippen LogP contribution in [0.2, 0.25) is 0 Å². The van der Waals surface area contributed by atoms with E-state index in [0.717, 1.165) is 0 Å². The molecule has 0 fully saturated rings. The third-order valence-electron chi connectivity index (χ3n) is 4.37. The Hall–Kier alpha value is -2.72. The number of rotatable bonds is 5. The molecule has 29 heavy (non-hydrogen) atoms. The smallest absolute Gasteiger partial charge is 0.288 e. The van der Waals surface area contributed by atoms with E-state index in [4.69, 9.17) is 0 Å². The van der Waals surface area contributed by atoms with Gasteiger partial charge in [0, 0.05) is 10.5 Å². The highest BCUT2D eigenvalue weighted by Gasteiger charge is 2.33. The van der Waals surface area contributed by atoms with Crippen molar-refractivity contribution in [3.63, 3.8) is 0 Å². The largest absolute Gasteiger partial charge is 0.306 e. The number of nitrogens with one attached hydrogen (secondary N) is 1. The van der Waals surface area contributed by atoms with Crippen LogP contribution in [0.15, 0.2) is 59.5 Å². The lowest BCUT2D eigenvalue weighted by Gasteiger charge is -2.13. The van der Waals surface area contributed by atoms with Gasteiger partial charge in [-0.2, -0.15) is 13.9 Å². The SMILES string of the molecule is O=C(Nc1c2c(nn1-c1ccccc1)CS(=O)(=O)C2)c1ccccc1SC(F)F. The van der Waals surface area contributed by atoms with Crippen LogP contribution >= 0.6 is 11.8 Å². The lowest BCUT2D eigenvalue weighted by Crippen LogP contribution is -2.17. The number of anilines is 1. The van der Waals surface area contributed by atoms with Crippen LogP contribution < -0.4 is 5.32 Å². The molecule has 2 aromatic carbocycles. The summed E-state index contributed by atoms with van der Waals surface area (Å²) in [6.45, 7) is 0. The number of thioether (sulfide) groups is 1. The Kier molecular flexibility index (Phi) is 5.13. The second-order valence-corrected chi connectivity index (χ2v) is 9.48. The minimum Gasteiger partial charge on any atom is -0.306 e. The summed E-state index contributed by atoms with van der Waals surface area (Å²) >= 11 is 0.279. The zero-order chi connectivity index (χ0) is 20.6. The molecule has 1 aromatic heterocycles. The number of nitrogens with zero attached hydrogens (tertiary/aromatic N) is 2. The molecule has 0 unspecified atom stereocenters. The molecule has 0 saturated carbocycles. The second-order valence-electron chi connectivity index (χ2n) is 6.38. The van der Waals surface area contributed by atoms with Crippen molar-refractivity contribution < 1.29 is 22.0 Å². The van der Waals surface area contributed by atoms with Gasteiger partial charge >= 0.3 is 0 Å². The number of amides is 1. The molecular formula is C19H15F2N3O3S2. The average Bonchev–Trinajstić information content (AvgIpc) is 3.15. The van der Waals surface area contributed by atoms with Crippen LogP contribution in [-0.4, -0.2) is 29.9 Å². The van der Waals surface area contributed by atoms with Gasteiger partial charge in [-0.3, -0.25) is 4.79 Å². The molecule has 150 valence electrons. The first-order valence-electron chi connectivity index (χ1n) is 8.56. The maximum absolute atomic E-state index is 12.9. The Morgan fingerprint density at radius 2 is 1.76 bits per heavy atom. The van der Waals surface area contributed by atoms with Gasteiger partial charge in [-0.25, -0.2) is 13.1 Å². The van der Waals surface area contributed by atoms with Gasteiger partial charge in [0.05, 0.1) is 28.5 Å². The van der Waals surface area contributed by atoms with Crippen molar-refractivity contribution in [1.29, 1.82) is 0 Å². The zero-order valence-electron chi connectivity index (χ0n) is 14.9. The van der Waals surface area contributed by atoms with Crippen molar-refractivity contribution >= 4 is 33.3 Å². The Morgan fingerprint density at radius 3 is 2.48 bits per heavy atom. The number of carbonyl (C=O) groups is 1. The van der Waals surface area contributed by atoms with Crippen LogP contribution in [0.3, 0.4) is 0 Å². The first kappa shape index (κ1) is 19.6. The number of carbonyl (C=O) groups excluding carboxylic acids is 1. The molecule has 0 spiro atoms. The summed E-state index contributed by atoms with van der Waals surface area (Å²) in [5.41, 5.74) is 1.51. The summed E-state index contributed by atoms with van der Waals surface area (Å²) in [6, 6.07) is 15.0. The number of fused-ring (bicyclic) bond motifs is 1. The lowest BCUT2D eigenvalue weighted by molar-refractivity contribution is 0.102. The molecule has 0 saturated heterocycles. The Labute approximate surface area is 169 Å². The Morgan fingerprint density at radius 1 is 1.07 bits per heavy atom. The molecule has 2 heterocycles. The highest BCUT2D eigenvalue weighted by Crippen LogP contribution is 2.34. The minimum atomic E-state index is -3.34. The van der Waals surface area contributed by atoms with Crippen LogP contribution in [0.4, 0.5) is 14.6 Å². The van der Waals surface area contributed by atoms with Gasteiger partial charge in [0.25, 0.3) is 11.7 Å². The van der Waals surface area contributed by atoms with E-state index in [2.05, 4.69) is 10.4 Å². The fourth-order valence-corrected chi connectivity index (χ4v) is 5.29. The molecule has 4 rings (SSSR count). The number of benzene rings is 2. The average molecular weight is 435 g/mol. The van der Waals surface area contributed by atoms with E-state index in [1.165, 1.54) is 16.8 Å². The van der Waals surface area contributed by atoms with E-state index < -0.39 is 21.5 Å². The molecule has 3 aromatic rings. The van der Waals surface area contributed by atoms with E-state index in [1.807, 2.05) is 6.07 Å². The fraction of sp³-hybridized carbons (Fsp3) is 0.158. The molecule has 0 radical (unpaired) electrons. The zero-order valence-corrected chi connectivity index (χ0v) is 16.5. The Bertz CT molecular complexity index is 1180. The second kappa shape index (κ2) is 7.60. The van der Waals surface area contributed by atoms with Crippen molar-refractivity contribution in [2.45, 2.75) is 22.2 Å². The maximum atomic E-state index is 12.9. The molecule has 0 atom stereocenters. The summed E-state index contributed by atoms with van der Waals surface area (Å²) in [4.78, 5) is 13.0. The van der Waals surface area contributed by atoms with Gasteiger partial charge in [0.15, 0.2) is 9.84 Å². The predicted molar refractivity (Wildman–Crippen MR) is 106 cm³/mol. The highest BCUT2D eigenvalue weighted by molar-refractivity contribution is 7.99. The summed E-state index contributed by atoms with van der Waals surface area (Å²) in [6.07, 6.45) is 0. The summed E-state index contributed by atoms with van der Waals surface area (Å²) in [7, 11) is -3.34. The summed E-state index contributed by atoms with van der Waals surface area (Å²) in [5, 5.41) is 7.07. The minimum absolute atomic E-state index is 0.0771. The monoisotopic (exact) mass is 435 g/mol. The fourth-order valence-electron chi connectivity index (χ4n) is 3.15. The summed E-state index contributed by atoms with van der Waals surface area (Å²) in [5.74, 6) is -3.50. The number of hydrogen-bond acceptors (Lipinski definition) is 5. The normalized spacial score (nSPS) is 14.7. The van der Waals surface area contributed by atoms with Gasteiger partial charge in [-0.05, 0) is 24.3 Å². The van der Waals surface area contributed by atoms with Gasteiger partial charge < -0.3 is 5.32 Å². The molecule has 1 aliphatic rings. The third-order valence-corrected chi connectivity index (χ3v) is 6.60. The van der Waals surface area contributed by atoms with Crippen molar-refractivity contribution in [3.8, 4) is 5.69 Å². The van der Waals surface area contributed by atoms with E-state index in [0.29, 0.717) is 16.9 Å². The molecule has 1 aliphatic heterocycles. The number of sulfone groups is 1.